The zero-order valence-electron chi connectivity index (χ0n) is 23.2. The fraction of sp³-hybridized carbons (Fsp3) is 0.958. The second-order valence-corrected chi connectivity index (χ2v) is 11.1. The number of aliphatic carboxylic acids is 1. The van der Waals surface area contributed by atoms with Gasteiger partial charge < -0.3 is 89.3 Å². The van der Waals surface area contributed by atoms with Crippen LogP contribution < -0.4 is 0 Å². The van der Waals surface area contributed by atoms with E-state index in [-0.39, 0.29) is 0 Å². The Morgan fingerprint density at radius 1 is 0.465 bits per heavy atom. The maximum Gasteiger partial charge on any atom is 0.335 e. The maximum atomic E-state index is 11.6. The van der Waals surface area contributed by atoms with Gasteiger partial charge in [-0.05, 0) is 20.8 Å². The molecule has 0 aromatic heterocycles. The number of carbonyl (C=O) groups is 1. The molecule has 19 nitrogen and oxygen atoms in total. The third-order valence-electron chi connectivity index (χ3n) is 8.06. The predicted octanol–water partition coefficient (Wildman–Crippen LogP) is -6.57. The van der Waals surface area contributed by atoms with Gasteiger partial charge >= 0.3 is 5.97 Å². The molecular weight excluding hydrogens is 592 g/mol. The van der Waals surface area contributed by atoms with Gasteiger partial charge in [-0.25, -0.2) is 4.79 Å². The molecule has 0 aromatic rings. The van der Waals surface area contributed by atoms with Gasteiger partial charge in [0.05, 0.1) is 18.3 Å². The summed E-state index contributed by atoms with van der Waals surface area (Å²) in [5.74, 6) is -1.73. The minimum Gasteiger partial charge on any atom is -0.479 e. The SMILES string of the molecule is CC1OC(OC2C(O)C(C)OC(OC3C(O)OC(C)C(O)C3O)C2OC2OC(C(=O)O)C(O)C(O)C2O)C(O)C(O)C1O. The first-order chi connectivity index (χ1) is 20.0. The highest BCUT2D eigenvalue weighted by Crippen LogP contribution is 2.35. The highest BCUT2D eigenvalue weighted by molar-refractivity contribution is 5.73. The predicted molar refractivity (Wildman–Crippen MR) is 130 cm³/mol. The summed E-state index contributed by atoms with van der Waals surface area (Å²) in [7, 11) is 0. The number of carboxylic acid groups (broad SMARTS) is 1. The number of rotatable bonds is 7. The molecule has 0 bridgehead atoms. The van der Waals surface area contributed by atoms with Crippen LogP contribution in [-0.4, -0.2) is 185 Å². The summed E-state index contributed by atoms with van der Waals surface area (Å²) < 4.78 is 38.8. The molecule has 19 heteroatoms. The zero-order valence-corrected chi connectivity index (χ0v) is 23.2. The summed E-state index contributed by atoms with van der Waals surface area (Å²) in [4.78, 5) is 11.6. The Morgan fingerprint density at radius 3 is 1.51 bits per heavy atom. The second-order valence-electron chi connectivity index (χ2n) is 11.1. The van der Waals surface area contributed by atoms with E-state index < -0.39 is 129 Å². The van der Waals surface area contributed by atoms with Crippen LogP contribution in [-0.2, 0) is 38.0 Å². The molecule has 4 saturated heterocycles. The summed E-state index contributed by atoms with van der Waals surface area (Å²) in [5.41, 5.74) is 0. The van der Waals surface area contributed by atoms with Crippen molar-refractivity contribution in [3.8, 4) is 0 Å². The van der Waals surface area contributed by atoms with Gasteiger partial charge in [0, 0.05) is 0 Å². The lowest BCUT2D eigenvalue weighted by Crippen LogP contribution is -2.67. The van der Waals surface area contributed by atoms with Gasteiger partial charge in [0.25, 0.3) is 0 Å². The molecule has 11 N–H and O–H groups in total. The standard InChI is InChI=1S/C24H40O19/c1-4-8(26)12(30)18(21(36)37-4)42-24-19(43-23-15(33)11(29)13(31)17(41-23)20(34)35)16(9(27)6(3)39-24)40-22-14(32)10(28)7(25)5(2)38-22/h4-19,21-33,36H,1-3H3,(H,34,35). The molecule has 4 heterocycles. The van der Waals surface area contributed by atoms with E-state index in [1.165, 1.54) is 20.8 Å². The van der Waals surface area contributed by atoms with Crippen molar-refractivity contribution in [3.63, 3.8) is 0 Å². The monoisotopic (exact) mass is 632 g/mol. The van der Waals surface area contributed by atoms with E-state index in [4.69, 9.17) is 33.2 Å². The largest absolute Gasteiger partial charge is 0.479 e. The number of hydrogen-bond donors (Lipinski definition) is 11. The van der Waals surface area contributed by atoms with Crippen molar-refractivity contribution in [2.75, 3.05) is 0 Å². The van der Waals surface area contributed by atoms with Gasteiger partial charge in [0.15, 0.2) is 31.3 Å². The van der Waals surface area contributed by atoms with Gasteiger partial charge in [0.1, 0.15) is 73.2 Å². The van der Waals surface area contributed by atoms with Crippen LogP contribution in [0.4, 0.5) is 0 Å². The van der Waals surface area contributed by atoms with E-state index in [0.29, 0.717) is 0 Å². The van der Waals surface area contributed by atoms with Crippen LogP contribution in [0.25, 0.3) is 0 Å². The van der Waals surface area contributed by atoms with Crippen molar-refractivity contribution < 1.29 is 94.1 Å². The van der Waals surface area contributed by atoms with Crippen LogP contribution in [0.15, 0.2) is 0 Å². The number of aliphatic hydroxyl groups is 10. The van der Waals surface area contributed by atoms with Crippen molar-refractivity contribution in [2.24, 2.45) is 0 Å². The van der Waals surface area contributed by atoms with E-state index in [1.54, 1.807) is 0 Å². The third kappa shape index (κ3) is 6.83. The molecule has 0 aliphatic carbocycles. The Labute approximate surface area is 244 Å². The number of ether oxygens (including phenoxy) is 7. The fourth-order valence-electron chi connectivity index (χ4n) is 5.32. The summed E-state index contributed by atoms with van der Waals surface area (Å²) in [5, 5.41) is 113. The molecule has 0 saturated carbocycles. The second kappa shape index (κ2) is 13.6. The van der Waals surface area contributed by atoms with E-state index in [2.05, 4.69) is 0 Å². The zero-order chi connectivity index (χ0) is 32.1. The summed E-state index contributed by atoms with van der Waals surface area (Å²) in [6.45, 7) is 4.09. The van der Waals surface area contributed by atoms with Gasteiger partial charge in [-0.15, -0.1) is 0 Å². The summed E-state index contributed by atoms with van der Waals surface area (Å²) in [6.07, 6.45) is -34.4. The minimum absolute atomic E-state index is 1.01. The maximum absolute atomic E-state index is 11.6. The van der Waals surface area contributed by atoms with Crippen LogP contribution in [0.3, 0.4) is 0 Å². The Bertz CT molecular complexity index is 942. The van der Waals surface area contributed by atoms with Gasteiger partial charge in [-0.1, -0.05) is 0 Å². The lowest BCUT2D eigenvalue weighted by molar-refractivity contribution is -0.402. The summed E-state index contributed by atoms with van der Waals surface area (Å²) in [6, 6.07) is 0. The quantitative estimate of drug-likeness (QED) is 0.124. The molecule has 43 heavy (non-hydrogen) atoms. The molecule has 0 amide bonds. The molecule has 4 rings (SSSR count). The van der Waals surface area contributed by atoms with E-state index in [0.717, 1.165) is 0 Å². The molecule has 4 aliphatic rings. The summed E-state index contributed by atoms with van der Waals surface area (Å²) >= 11 is 0. The van der Waals surface area contributed by atoms with Crippen molar-refractivity contribution >= 4 is 5.97 Å². The molecule has 4 aliphatic heterocycles. The van der Waals surface area contributed by atoms with Crippen LogP contribution in [0.5, 0.6) is 0 Å². The van der Waals surface area contributed by atoms with Crippen LogP contribution in [0, 0.1) is 0 Å². The molecule has 4 fully saturated rings. The highest BCUT2D eigenvalue weighted by Gasteiger charge is 2.56. The first-order valence-electron chi connectivity index (χ1n) is 13.7. The Morgan fingerprint density at radius 2 is 0.907 bits per heavy atom. The van der Waals surface area contributed by atoms with Crippen LogP contribution in [0.2, 0.25) is 0 Å². The Balaban J connectivity index is 1.67. The minimum atomic E-state index is -2.10. The highest BCUT2D eigenvalue weighted by atomic mass is 16.8. The molecule has 0 spiro atoms. The van der Waals surface area contributed by atoms with E-state index in [9.17, 15) is 61.0 Å². The molecule has 0 aromatic carbocycles. The average Bonchev–Trinajstić information content (AvgIpc) is 2.95. The number of hydrogen-bond acceptors (Lipinski definition) is 18. The topological polar surface area (TPSA) is 304 Å². The molecular formula is C24H40O19. The van der Waals surface area contributed by atoms with Crippen LogP contribution in [0.1, 0.15) is 20.8 Å². The smallest absolute Gasteiger partial charge is 0.335 e. The van der Waals surface area contributed by atoms with Crippen molar-refractivity contribution in [3.05, 3.63) is 0 Å². The Kier molecular flexibility index (Phi) is 11.0. The number of aliphatic hydroxyl groups excluding tert-OH is 10. The normalized spacial score (nSPS) is 54.7. The van der Waals surface area contributed by atoms with E-state index in [1.807, 2.05) is 0 Å². The van der Waals surface area contributed by atoms with Crippen molar-refractivity contribution in [1.82, 2.24) is 0 Å². The van der Waals surface area contributed by atoms with Gasteiger partial charge in [0.2, 0.25) is 0 Å². The average molecular weight is 633 g/mol. The lowest BCUT2D eigenvalue weighted by Gasteiger charge is -2.49. The molecule has 20 unspecified atom stereocenters. The molecule has 250 valence electrons. The lowest BCUT2D eigenvalue weighted by atomic mass is 9.96. The van der Waals surface area contributed by atoms with E-state index >= 15 is 0 Å². The van der Waals surface area contributed by atoms with Crippen molar-refractivity contribution in [1.29, 1.82) is 0 Å². The molecule has 0 radical (unpaired) electrons. The fourth-order valence-corrected chi connectivity index (χ4v) is 5.32. The third-order valence-corrected chi connectivity index (χ3v) is 8.06. The first-order valence-corrected chi connectivity index (χ1v) is 13.7. The van der Waals surface area contributed by atoms with Gasteiger partial charge in [-0.2, -0.15) is 0 Å². The van der Waals surface area contributed by atoms with Crippen molar-refractivity contribution in [2.45, 2.75) is 144 Å². The number of carboxylic acids is 1. The Hall–Kier alpha value is -1.21. The van der Waals surface area contributed by atoms with Gasteiger partial charge in [-0.3, -0.25) is 0 Å². The first kappa shape index (κ1) is 34.7. The van der Waals surface area contributed by atoms with Crippen LogP contribution >= 0.6 is 0 Å². The molecule has 20 atom stereocenters.